The summed E-state index contributed by atoms with van der Waals surface area (Å²) in [5, 5.41) is 11.2. The SMILES string of the molecule is CCS(=O)(=O)c1cccc(CC(=O)N[C@@H](C)CC#N)c1. The van der Waals surface area contributed by atoms with Crippen LogP contribution in [0.25, 0.3) is 0 Å². The molecule has 0 saturated carbocycles. The first kappa shape index (κ1) is 16.2. The Morgan fingerprint density at radius 3 is 2.75 bits per heavy atom. The molecule has 0 aliphatic rings. The van der Waals surface area contributed by atoms with E-state index in [-0.39, 0.29) is 35.4 Å². The van der Waals surface area contributed by atoms with Gasteiger partial charge in [0, 0.05) is 6.04 Å². The lowest BCUT2D eigenvalue weighted by atomic mass is 10.1. The Morgan fingerprint density at radius 1 is 1.45 bits per heavy atom. The third-order valence-corrected chi connectivity index (χ3v) is 4.54. The van der Waals surface area contributed by atoms with Gasteiger partial charge in [-0.2, -0.15) is 5.26 Å². The first-order chi connectivity index (χ1) is 9.39. The summed E-state index contributed by atoms with van der Waals surface area (Å²) in [5.74, 6) is -0.194. The van der Waals surface area contributed by atoms with Gasteiger partial charge in [0.2, 0.25) is 5.91 Å². The first-order valence-electron chi connectivity index (χ1n) is 6.37. The van der Waals surface area contributed by atoms with Gasteiger partial charge in [-0.3, -0.25) is 4.79 Å². The molecule has 0 bridgehead atoms. The van der Waals surface area contributed by atoms with Crippen LogP contribution in [0, 0.1) is 11.3 Å². The monoisotopic (exact) mass is 294 g/mol. The van der Waals surface area contributed by atoms with Crippen molar-refractivity contribution in [3.05, 3.63) is 29.8 Å². The zero-order valence-electron chi connectivity index (χ0n) is 11.6. The number of amides is 1. The third-order valence-electron chi connectivity index (χ3n) is 2.81. The Balaban J connectivity index is 2.77. The minimum atomic E-state index is -3.26. The third kappa shape index (κ3) is 4.67. The molecule has 1 aromatic carbocycles. The Labute approximate surface area is 119 Å². The van der Waals surface area contributed by atoms with Crippen LogP contribution >= 0.6 is 0 Å². The van der Waals surface area contributed by atoms with Gasteiger partial charge < -0.3 is 5.32 Å². The quantitative estimate of drug-likeness (QED) is 0.860. The van der Waals surface area contributed by atoms with Gasteiger partial charge in [-0.1, -0.05) is 19.1 Å². The molecule has 1 atom stereocenters. The van der Waals surface area contributed by atoms with E-state index in [4.69, 9.17) is 5.26 Å². The lowest BCUT2D eigenvalue weighted by Crippen LogP contribution is -2.33. The Morgan fingerprint density at radius 2 is 2.15 bits per heavy atom. The molecule has 1 rings (SSSR count). The highest BCUT2D eigenvalue weighted by Crippen LogP contribution is 2.13. The minimum absolute atomic E-state index is 0.0296. The fourth-order valence-electron chi connectivity index (χ4n) is 1.71. The lowest BCUT2D eigenvalue weighted by molar-refractivity contribution is -0.121. The number of hydrogen-bond acceptors (Lipinski definition) is 4. The zero-order valence-corrected chi connectivity index (χ0v) is 12.4. The van der Waals surface area contributed by atoms with Crippen molar-refractivity contribution in [1.29, 1.82) is 5.26 Å². The molecule has 0 saturated heterocycles. The normalized spacial score (nSPS) is 12.4. The van der Waals surface area contributed by atoms with Gasteiger partial charge >= 0.3 is 0 Å². The second-order valence-corrected chi connectivity index (χ2v) is 6.84. The van der Waals surface area contributed by atoms with Crippen molar-refractivity contribution >= 4 is 15.7 Å². The molecule has 0 fully saturated rings. The molecule has 0 aromatic heterocycles. The van der Waals surface area contributed by atoms with Crippen LogP contribution in [-0.4, -0.2) is 26.1 Å². The van der Waals surface area contributed by atoms with Crippen LogP contribution in [0.2, 0.25) is 0 Å². The Hall–Kier alpha value is -1.87. The van der Waals surface area contributed by atoms with Crippen LogP contribution in [0.1, 0.15) is 25.8 Å². The number of carbonyl (C=O) groups is 1. The van der Waals surface area contributed by atoms with E-state index < -0.39 is 9.84 Å². The van der Waals surface area contributed by atoms with Gasteiger partial charge in [0.1, 0.15) is 0 Å². The topological polar surface area (TPSA) is 87.0 Å². The molecular weight excluding hydrogens is 276 g/mol. The summed E-state index contributed by atoms with van der Waals surface area (Å²) in [6, 6.07) is 8.15. The van der Waals surface area contributed by atoms with Gasteiger partial charge in [0.25, 0.3) is 0 Å². The summed E-state index contributed by atoms with van der Waals surface area (Å²) in [6.45, 7) is 3.33. The maximum atomic E-state index is 11.8. The predicted octanol–water partition coefficient (Wildman–Crippen LogP) is 1.44. The molecular formula is C14H18N2O3S. The van der Waals surface area contributed by atoms with E-state index in [9.17, 15) is 13.2 Å². The molecule has 1 N–H and O–H groups in total. The second-order valence-electron chi connectivity index (χ2n) is 4.56. The molecule has 5 nitrogen and oxygen atoms in total. The fourth-order valence-corrected chi connectivity index (χ4v) is 2.66. The van der Waals surface area contributed by atoms with Crippen LogP contribution in [0.15, 0.2) is 29.2 Å². The van der Waals surface area contributed by atoms with Crippen molar-refractivity contribution < 1.29 is 13.2 Å². The number of nitrogens with one attached hydrogen (secondary N) is 1. The molecule has 1 aromatic rings. The van der Waals surface area contributed by atoms with Crippen molar-refractivity contribution in [3.63, 3.8) is 0 Å². The van der Waals surface area contributed by atoms with Crippen molar-refractivity contribution in [2.45, 2.75) is 37.6 Å². The van der Waals surface area contributed by atoms with E-state index in [2.05, 4.69) is 5.32 Å². The number of nitrogens with zero attached hydrogens (tertiary/aromatic N) is 1. The van der Waals surface area contributed by atoms with Gasteiger partial charge in [-0.25, -0.2) is 8.42 Å². The average Bonchev–Trinajstić information content (AvgIpc) is 2.39. The van der Waals surface area contributed by atoms with Crippen LogP contribution in [0.4, 0.5) is 0 Å². The van der Waals surface area contributed by atoms with Crippen LogP contribution in [-0.2, 0) is 21.1 Å². The number of hydrogen-bond donors (Lipinski definition) is 1. The van der Waals surface area contributed by atoms with E-state index >= 15 is 0 Å². The smallest absolute Gasteiger partial charge is 0.224 e. The number of rotatable bonds is 6. The summed E-state index contributed by atoms with van der Waals surface area (Å²) in [6.07, 6.45) is 0.346. The average molecular weight is 294 g/mol. The summed E-state index contributed by atoms with van der Waals surface area (Å²) in [7, 11) is -3.26. The van der Waals surface area contributed by atoms with Gasteiger partial charge in [-0.05, 0) is 24.6 Å². The Bertz CT molecular complexity index is 618. The zero-order chi connectivity index (χ0) is 15.2. The highest BCUT2D eigenvalue weighted by molar-refractivity contribution is 7.91. The molecule has 0 radical (unpaired) electrons. The highest BCUT2D eigenvalue weighted by atomic mass is 32.2. The van der Waals surface area contributed by atoms with E-state index in [1.807, 2.05) is 6.07 Å². The van der Waals surface area contributed by atoms with Crippen molar-refractivity contribution in [2.75, 3.05) is 5.75 Å². The number of sulfone groups is 1. The van der Waals surface area contributed by atoms with Crippen molar-refractivity contribution in [2.24, 2.45) is 0 Å². The molecule has 0 aliphatic carbocycles. The minimum Gasteiger partial charge on any atom is -0.352 e. The summed E-state index contributed by atoms with van der Waals surface area (Å²) in [4.78, 5) is 12.0. The fraction of sp³-hybridized carbons (Fsp3) is 0.429. The summed E-state index contributed by atoms with van der Waals surface area (Å²) >= 11 is 0. The van der Waals surface area contributed by atoms with E-state index in [0.717, 1.165) is 0 Å². The van der Waals surface area contributed by atoms with E-state index in [1.165, 1.54) is 12.1 Å². The Kier molecular flexibility index (Phi) is 5.71. The molecule has 0 aliphatic heterocycles. The van der Waals surface area contributed by atoms with Gasteiger partial charge in [0.05, 0.1) is 29.6 Å². The lowest BCUT2D eigenvalue weighted by Gasteiger charge is -2.10. The largest absolute Gasteiger partial charge is 0.352 e. The number of carbonyl (C=O) groups excluding carboxylic acids is 1. The predicted molar refractivity (Wildman–Crippen MR) is 75.7 cm³/mol. The molecule has 6 heteroatoms. The first-order valence-corrected chi connectivity index (χ1v) is 8.02. The van der Waals surface area contributed by atoms with Crippen molar-refractivity contribution in [3.8, 4) is 6.07 Å². The molecule has 1 amide bonds. The van der Waals surface area contributed by atoms with Gasteiger partial charge in [-0.15, -0.1) is 0 Å². The second kappa shape index (κ2) is 7.06. The standard InChI is InChI=1S/C14H18N2O3S/c1-3-20(18,19)13-6-4-5-12(9-13)10-14(17)16-11(2)7-8-15/h4-6,9,11H,3,7,10H2,1-2H3,(H,16,17)/t11-/m0/s1. The number of nitriles is 1. The summed E-state index contributed by atoms with van der Waals surface area (Å²) in [5.41, 5.74) is 0.640. The maximum Gasteiger partial charge on any atom is 0.224 e. The van der Waals surface area contributed by atoms with Crippen LogP contribution in [0.5, 0.6) is 0 Å². The molecule has 0 heterocycles. The highest BCUT2D eigenvalue weighted by Gasteiger charge is 2.13. The summed E-state index contributed by atoms with van der Waals surface area (Å²) < 4.78 is 23.5. The van der Waals surface area contributed by atoms with E-state index in [1.54, 1.807) is 26.0 Å². The number of benzene rings is 1. The van der Waals surface area contributed by atoms with Gasteiger partial charge in [0.15, 0.2) is 9.84 Å². The van der Waals surface area contributed by atoms with Crippen LogP contribution in [0.3, 0.4) is 0 Å². The molecule has 20 heavy (non-hydrogen) atoms. The molecule has 108 valence electrons. The maximum absolute atomic E-state index is 11.8. The molecule has 0 spiro atoms. The molecule has 0 unspecified atom stereocenters. The van der Waals surface area contributed by atoms with E-state index in [0.29, 0.717) is 5.56 Å². The van der Waals surface area contributed by atoms with Crippen LogP contribution < -0.4 is 5.32 Å². The van der Waals surface area contributed by atoms with Crippen molar-refractivity contribution in [1.82, 2.24) is 5.32 Å².